The van der Waals surface area contributed by atoms with Gasteiger partial charge in [0.2, 0.25) is 0 Å². The van der Waals surface area contributed by atoms with E-state index in [4.69, 9.17) is 14.2 Å². The highest BCUT2D eigenvalue weighted by molar-refractivity contribution is 5.70. The minimum atomic E-state index is -0.405. The first-order chi connectivity index (χ1) is 8.21. The third-order valence-electron chi connectivity index (χ3n) is 2.20. The van der Waals surface area contributed by atoms with Gasteiger partial charge in [-0.05, 0) is 12.1 Å². The second-order valence-corrected chi connectivity index (χ2v) is 3.25. The average Bonchev–Trinajstić information content (AvgIpc) is 2.38. The molecule has 0 atom stereocenters. The number of carbonyl (C=O) groups excluding carboxylic acids is 1. The van der Waals surface area contributed by atoms with Gasteiger partial charge in [0.25, 0.3) is 0 Å². The van der Waals surface area contributed by atoms with Gasteiger partial charge in [0, 0.05) is 11.6 Å². The van der Waals surface area contributed by atoms with Gasteiger partial charge in [0.15, 0.2) is 0 Å². The van der Waals surface area contributed by atoms with Crippen molar-refractivity contribution in [3.63, 3.8) is 0 Å². The van der Waals surface area contributed by atoms with Gasteiger partial charge in [-0.2, -0.15) is 0 Å². The topological polar surface area (TPSA) is 54.0 Å². The molecule has 0 aliphatic heterocycles. The van der Waals surface area contributed by atoms with E-state index < -0.39 is 5.97 Å². The highest BCUT2D eigenvalue weighted by Crippen LogP contribution is 2.24. The molecule has 1 aromatic carbocycles. The number of hydrogen-bond donors (Lipinski definition) is 0. The summed E-state index contributed by atoms with van der Waals surface area (Å²) in [5.41, 5.74) is 0.845. The van der Waals surface area contributed by atoms with Crippen LogP contribution in [0.15, 0.2) is 18.2 Å². The zero-order valence-electron chi connectivity index (χ0n) is 10.2. The maximum atomic E-state index is 10.9. The van der Waals surface area contributed by atoms with E-state index in [-0.39, 0.29) is 13.2 Å². The van der Waals surface area contributed by atoms with Crippen LogP contribution in [-0.4, -0.2) is 33.9 Å². The van der Waals surface area contributed by atoms with E-state index in [1.165, 1.54) is 7.11 Å². The van der Waals surface area contributed by atoms with Crippen LogP contribution in [0.3, 0.4) is 0 Å². The summed E-state index contributed by atoms with van der Waals surface area (Å²) in [5, 5.41) is 0. The molecule has 17 heavy (non-hydrogen) atoms. The Morgan fingerprint density at radius 1 is 1.18 bits per heavy atom. The lowest BCUT2D eigenvalue weighted by atomic mass is 10.2. The van der Waals surface area contributed by atoms with E-state index in [1.807, 2.05) is 6.07 Å². The Morgan fingerprint density at radius 3 is 2.53 bits per heavy atom. The molecule has 5 heteroatoms. The molecule has 1 rings (SSSR count). The molecule has 0 N–H and O–H groups in total. The molecule has 0 aromatic heterocycles. The molecule has 0 unspecified atom stereocenters. The van der Waals surface area contributed by atoms with Crippen LogP contribution in [0.5, 0.6) is 11.5 Å². The van der Waals surface area contributed by atoms with Crippen LogP contribution in [0, 0.1) is 0 Å². The third-order valence-corrected chi connectivity index (χ3v) is 2.20. The van der Waals surface area contributed by atoms with Crippen molar-refractivity contribution in [1.82, 2.24) is 0 Å². The summed E-state index contributed by atoms with van der Waals surface area (Å²) < 4.78 is 19.9. The molecule has 0 saturated carbocycles. The number of hydrogen-bond acceptors (Lipinski definition) is 5. The van der Waals surface area contributed by atoms with Crippen LogP contribution in [0.4, 0.5) is 0 Å². The van der Waals surface area contributed by atoms with E-state index in [2.05, 4.69) is 4.74 Å². The summed E-state index contributed by atoms with van der Waals surface area (Å²) in [4.78, 5) is 10.9. The summed E-state index contributed by atoms with van der Waals surface area (Å²) >= 11 is 0. The van der Waals surface area contributed by atoms with E-state index in [1.54, 1.807) is 26.4 Å². The molecule has 0 radical (unpaired) electrons. The van der Waals surface area contributed by atoms with Crippen molar-refractivity contribution >= 4 is 5.97 Å². The molecule has 0 bridgehead atoms. The lowest BCUT2D eigenvalue weighted by Crippen LogP contribution is -2.10. The summed E-state index contributed by atoms with van der Waals surface area (Å²) in [7, 11) is 4.47. The van der Waals surface area contributed by atoms with Crippen LogP contribution >= 0.6 is 0 Å². The van der Waals surface area contributed by atoms with E-state index in [9.17, 15) is 4.79 Å². The predicted molar refractivity (Wildman–Crippen MR) is 61.2 cm³/mol. The standard InChI is InChI=1S/C12H16O5/c1-14-10-5-4-9(11(6-10)15-2)7-17-8-12(13)16-3/h4-6H,7-8H2,1-3H3. The minimum absolute atomic E-state index is 0.0777. The van der Waals surface area contributed by atoms with Crippen LogP contribution < -0.4 is 9.47 Å². The number of ether oxygens (including phenoxy) is 4. The molecule has 0 aliphatic carbocycles. The van der Waals surface area contributed by atoms with E-state index >= 15 is 0 Å². The summed E-state index contributed by atoms with van der Waals surface area (Å²) in [5.74, 6) is 0.963. The predicted octanol–water partition coefficient (Wildman–Crippen LogP) is 1.39. The molecular weight excluding hydrogens is 224 g/mol. The highest BCUT2D eigenvalue weighted by atomic mass is 16.6. The monoisotopic (exact) mass is 240 g/mol. The second kappa shape index (κ2) is 6.75. The van der Waals surface area contributed by atoms with Crippen molar-refractivity contribution in [2.45, 2.75) is 6.61 Å². The Bertz CT molecular complexity index is 375. The Kier molecular flexibility index (Phi) is 5.29. The van der Waals surface area contributed by atoms with Gasteiger partial charge in [-0.1, -0.05) is 0 Å². The Balaban J connectivity index is 2.61. The zero-order valence-corrected chi connectivity index (χ0v) is 10.2. The smallest absolute Gasteiger partial charge is 0.331 e. The number of carbonyl (C=O) groups is 1. The van der Waals surface area contributed by atoms with Crippen LogP contribution in [-0.2, 0) is 20.9 Å². The maximum Gasteiger partial charge on any atom is 0.331 e. The zero-order chi connectivity index (χ0) is 12.7. The molecule has 5 nitrogen and oxygen atoms in total. The molecule has 0 heterocycles. The number of methoxy groups -OCH3 is 3. The molecule has 0 saturated heterocycles. The lowest BCUT2D eigenvalue weighted by molar-refractivity contribution is -0.146. The number of esters is 1. The Morgan fingerprint density at radius 2 is 1.94 bits per heavy atom. The number of benzene rings is 1. The molecular formula is C12H16O5. The number of rotatable bonds is 6. The van der Waals surface area contributed by atoms with E-state index in [0.717, 1.165) is 5.56 Å². The van der Waals surface area contributed by atoms with Gasteiger partial charge in [-0.25, -0.2) is 4.79 Å². The van der Waals surface area contributed by atoms with Crippen LogP contribution in [0.1, 0.15) is 5.56 Å². The van der Waals surface area contributed by atoms with Crippen molar-refractivity contribution in [3.8, 4) is 11.5 Å². The van der Waals surface area contributed by atoms with Crippen molar-refractivity contribution in [2.24, 2.45) is 0 Å². The first-order valence-electron chi connectivity index (χ1n) is 5.06. The van der Waals surface area contributed by atoms with Crippen molar-refractivity contribution in [2.75, 3.05) is 27.9 Å². The first-order valence-corrected chi connectivity index (χ1v) is 5.06. The fraction of sp³-hybridized carbons (Fsp3) is 0.417. The van der Waals surface area contributed by atoms with Gasteiger partial charge < -0.3 is 18.9 Å². The SMILES string of the molecule is COC(=O)COCc1ccc(OC)cc1OC. The Labute approximate surface area is 100 Å². The van der Waals surface area contributed by atoms with Crippen molar-refractivity contribution < 1.29 is 23.7 Å². The molecule has 94 valence electrons. The van der Waals surface area contributed by atoms with Crippen LogP contribution in [0.2, 0.25) is 0 Å². The first kappa shape index (κ1) is 13.3. The molecule has 0 fully saturated rings. The van der Waals surface area contributed by atoms with Crippen molar-refractivity contribution in [3.05, 3.63) is 23.8 Å². The van der Waals surface area contributed by atoms with Crippen molar-refractivity contribution in [1.29, 1.82) is 0 Å². The molecule has 0 aliphatic rings. The lowest BCUT2D eigenvalue weighted by Gasteiger charge is -2.10. The molecule has 0 spiro atoms. The third kappa shape index (κ3) is 3.96. The quantitative estimate of drug-likeness (QED) is 0.703. The van der Waals surface area contributed by atoms with Gasteiger partial charge in [0.1, 0.15) is 18.1 Å². The van der Waals surface area contributed by atoms with Gasteiger partial charge in [-0.15, -0.1) is 0 Å². The maximum absolute atomic E-state index is 10.9. The second-order valence-electron chi connectivity index (χ2n) is 3.25. The molecule has 1 aromatic rings. The van der Waals surface area contributed by atoms with Crippen LogP contribution in [0.25, 0.3) is 0 Å². The average molecular weight is 240 g/mol. The minimum Gasteiger partial charge on any atom is -0.497 e. The summed E-state index contributed by atoms with van der Waals surface area (Å²) in [6.07, 6.45) is 0. The normalized spacial score (nSPS) is 9.82. The van der Waals surface area contributed by atoms with E-state index in [0.29, 0.717) is 11.5 Å². The summed E-state index contributed by atoms with van der Waals surface area (Å²) in [6, 6.07) is 5.39. The van der Waals surface area contributed by atoms with Gasteiger partial charge in [0.05, 0.1) is 27.9 Å². The Hall–Kier alpha value is -1.75. The fourth-order valence-corrected chi connectivity index (χ4v) is 1.27. The molecule has 0 amide bonds. The fourth-order valence-electron chi connectivity index (χ4n) is 1.27. The van der Waals surface area contributed by atoms with Gasteiger partial charge in [-0.3, -0.25) is 0 Å². The highest BCUT2D eigenvalue weighted by Gasteiger charge is 2.06. The largest absolute Gasteiger partial charge is 0.497 e. The van der Waals surface area contributed by atoms with Gasteiger partial charge >= 0.3 is 5.97 Å². The summed E-state index contributed by atoms with van der Waals surface area (Å²) in [6.45, 7) is 0.202.